The number of aryl methyl sites for hydroxylation is 1. The topological polar surface area (TPSA) is 55.4 Å². The molecule has 1 N–H and O–H groups in total. The number of nitrogens with one attached hydrogen (secondary N) is 1. The van der Waals surface area contributed by atoms with Gasteiger partial charge in [0.1, 0.15) is 0 Å². The van der Waals surface area contributed by atoms with Crippen molar-refractivity contribution in [2.24, 2.45) is 0 Å². The highest BCUT2D eigenvalue weighted by Crippen LogP contribution is 2.25. The van der Waals surface area contributed by atoms with Crippen LogP contribution in [0.3, 0.4) is 0 Å². The monoisotopic (exact) mass is 285 g/mol. The number of amides is 1. The highest BCUT2D eigenvalue weighted by atomic mass is 79.9. The largest absolute Gasteiger partial charge is 0.459 e. The van der Waals surface area contributed by atoms with Crippen LogP contribution >= 0.6 is 15.9 Å². The average molecular weight is 286 g/mol. The zero-order valence-electron chi connectivity index (χ0n) is 9.04. The van der Waals surface area contributed by atoms with Crippen molar-refractivity contribution in [3.63, 3.8) is 0 Å². The number of rotatable bonds is 2. The Labute approximate surface area is 102 Å². The van der Waals surface area contributed by atoms with Crippen LogP contribution in [0.5, 0.6) is 0 Å². The van der Waals surface area contributed by atoms with E-state index in [1.165, 1.54) is 0 Å². The average Bonchev–Trinajstić information content (AvgIpc) is 2.25. The molecule has 1 aromatic carbocycles. The molecule has 1 rings (SSSR count). The second kappa shape index (κ2) is 5.65. The molecule has 0 aliphatic carbocycles. The van der Waals surface area contributed by atoms with E-state index in [1.807, 2.05) is 13.0 Å². The van der Waals surface area contributed by atoms with Gasteiger partial charge in [-0.25, -0.2) is 4.79 Å². The number of anilines is 1. The molecule has 1 aromatic rings. The maximum Gasteiger partial charge on any atom is 0.397 e. The number of halogens is 1. The lowest BCUT2D eigenvalue weighted by molar-refractivity contribution is -0.152. The van der Waals surface area contributed by atoms with Crippen molar-refractivity contribution in [2.75, 3.05) is 11.9 Å². The van der Waals surface area contributed by atoms with Gasteiger partial charge in [0.25, 0.3) is 0 Å². The van der Waals surface area contributed by atoms with E-state index in [9.17, 15) is 9.59 Å². The zero-order valence-corrected chi connectivity index (χ0v) is 10.6. The Hall–Kier alpha value is -1.36. The standard InChI is InChI=1S/C11H12BrNO3/c1-3-16-11(15)10(14)13-8-6-4-5-7(2)9(8)12/h4-6H,3H2,1-2H3,(H,13,14). The molecule has 0 aromatic heterocycles. The third-order valence-corrected chi connectivity index (χ3v) is 2.95. The van der Waals surface area contributed by atoms with E-state index >= 15 is 0 Å². The Bertz CT molecular complexity index is 418. The molecule has 5 heteroatoms. The van der Waals surface area contributed by atoms with Gasteiger partial charge in [0, 0.05) is 4.47 Å². The summed E-state index contributed by atoms with van der Waals surface area (Å²) in [5, 5.41) is 2.48. The molecule has 0 spiro atoms. The summed E-state index contributed by atoms with van der Waals surface area (Å²) in [7, 11) is 0. The fourth-order valence-corrected chi connectivity index (χ4v) is 1.48. The molecule has 0 saturated heterocycles. The number of hydrogen-bond acceptors (Lipinski definition) is 3. The number of hydrogen-bond donors (Lipinski definition) is 1. The van der Waals surface area contributed by atoms with Gasteiger partial charge >= 0.3 is 11.9 Å². The van der Waals surface area contributed by atoms with Gasteiger partial charge in [0.05, 0.1) is 12.3 Å². The lowest BCUT2D eigenvalue weighted by Gasteiger charge is -2.08. The van der Waals surface area contributed by atoms with Crippen molar-refractivity contribution in [2.45, 2.75) is 13.8 Å². The van der Waals surface area contributed by atoms with Crippen molar-refractivity contribution in [3.05, 3.63) is 28.2 Å². The number of carbonyl (C=O) groups is 2. The van der Waals surface area contributed by atoms with Crippen LogP contribution in [0.15, 0.2) is 22.7 Å². The zero-order chi connectivity index (χ0) is 12.1. The summed E-state index contributed by atoms with van der Waals surface area (Å²) in [4.78, 5) is 22.5. The lowest BCUT2D eigenvalue weighted by Crippen LogP contribution is -2.25. The molecule has 0 atom stereocenters. The number of esters is 1. The van der Waals surface area contributed by atoms with Crippen LogP contribution in [0.1, 0.15) is 12.5 Å². The van der Waals surface area contributed by atoms with Crippen LogP contribution in [0.2, 0.25) is 0 Å². The van der Waals surface area contributed by atoms with E-state index < -0.39 is 11.9 Å². The Morgan fingerprint density at radius 3 is 2.75 bits per heavy atom. The minimum atomic E-state index is -0.879. The summed E-state index contributed by atoms with van der Waals surface area (Å²) in [6.45, 7) is 3.72. The van der Waals surface area contributed by atoms with E-state index in [4.69, 9.17) is 0 Å². The molecule has 0 heterocycles. The molecular weight excluding hydrogens is 274 g/mol. The van der Waals surface area contributed by atoms with E-state index in [0.717, 1.165) is 10.0 Å². The molecule has 16 heavy (non-hydrogen) atoms. The first-order valence-corrected chi connectivity index (χ1v) is 5.58. The van der Waals surface area contributed by atoms with E-state index in [2.05, 4.69) is 26.0 Å². The van der Waals surface area contributed by atoms with Gasteiger partial charge in [-0.2, -0.15) is 0 Å². The molecule has 0 unspecified atom stereocenters. The van der Waals surface area contributed by atoms with Crippen LogP contribution in [0.25, 0.3) is 0 Å². The van der Waals surface area contributed by atoms with Crippen molar-refractivity contribution in [3.8, 4) is 0 Å². The van der Waals surface area contributed by atoms with Gasteiger partial charge in [0.15, 0.2) is 0 Å². The first kappa shape index (κ1) is 12.7. The second-order valence-corrected chi connectivity index (χ2v) is 3.90. The van der Waals surface area contributed by atoms with Crippen LogP contribution in [-0.2, 0) is 14.3 Å². The summed E-state index contributed by atoms with van der Waals surface area (Å²) in [5.74, 6) is -1.65. The summed E-state index contributed by atoms with van der Waals surface area (Å²) in [6.07, 6.45) is 0. The molecular formula is C11H12BrNO3. The van der Waals surface area contributed by atoms with Gasteiger partial charge in [0.2, 0.25) is 0 Å². The van der Waals surface area contributed by atoms with E-state index in [1.54, 1.807) is 19.1 Å². The predicted octanol–water partition coefficient (Wildman–Crippen LogP) is 2.26. The molecule has 0 bridgehead atoms. The minimum absolute atomic E-state index is 0.182. The van der Waals surface area contributed by atoms with Crippen molar-refractivity contribution in [1.29, 1.82) is 0 Å². The van der Waals surface area contributed by atoms with Crippen LogP contribution in [0.4, 0.5) is 5.69 Å². The van der Waals surface area contributed by atoms with E-state index in [-0.39, 0.29) is 6.61 Å². The smallest absolute Gasteiger partial charge is 0.397 e. The molecule has 1 amide bonds. The number of benzene rings is 1. The van der Waals surface area contributed by atoms with Gasteiger partial charge in [-0.15, -0.1) is 0 Å². The third-order valence-electron chi connectivity index (χ3n) is 1.90. The fraction of sp³-hybridized carbons (Fsp3) is 0.273. The summed E-state index contributed by atoms with van der Waals surface area (Å²) in [6, 6.07) is 5.39. The first-order valence-electron chi connectivity index (χ1n) is 4.79. The highest BCUT2D eigenvalue weighted by Gasteiger charge is 2.16. The normalized spacial score (nSPS) is 9.69. The molecule has 0 aliphatic heterocycles. The summed E-state index contributed by atoms with van der Waals surface area (Å²) in [5.41, 5.74) is 1.53. The maximum atomic E-state index is 11.4. The third kappa shape index (κ3) is 3.06. The van der Waals surface area contributed by atoms with Crippen molar-refractivity contribution < 1.29 is 14.3 Å². The molecule has 0 radical (unpaired) electrons. The molecule has 0 aliphatic rings. The maximum absolute atomic E-state index is 11.4. The van der Waals surface area contributed by atoms with Crippen molar-refractivity contribution in [1.82, 2.24) is 0 Å². The molecule has 86 valence electrons. The van der Waals surface area contributed by atoms with Crippen LogP contribution < -0.4 is 5.32 Å². The van der Waals surface area contributed by atoms with Gasteiger partial charge < -0.3 is 10.1 Å². The molecule has 4 nitrogen and oxygen atoms in total. The lowest BCUT2D eigenvalue weighted by atomic mass is 10.2. The van der Waals surface area contributed by atoms with Gasteiger partial charge in [-0.3, -0.25) is 4.79 Å². The van der Waals surface area contributed by atoms with Crippen molar-refractivity contribution >= 4 is 33.5 Å². The first-order chi connectivity index (χ1) is 7.56. The van der Waals surface area contributed by atoms with Crippen LogP contribution in [0, 0.1) is 6.92 Å². The number of ether oxygens (including phenoxy) is 1. The second-order valence-electron chi connectivity index (χ2n) is 3.11. The highest BCUT2D eigenvalue weighted by molar-refractivity contribution is 9.10. The number of carbonyl (C=O) groups excluding carboxylic acids is 2. The minimum Gasteiger partial charge on any atom is -0.459 e. The summed E-state index contributed by atoms with van der Waals surface area (Å²) >= 11 is 3.33. The Morgan fingerprint density at radius 1 is 1.44 bits per heavy atom. The summed E-state index contributed by atoms with van der Waals surface area (Å²) < 4.78 is 5.34. The Balaban J connectivity index is 2.77. The SMILES string of the molecule is CCOC(=O)C(=O)Nc1cccc(C)c1Br. The van der Waals surface area contributed by atoms with Gasteiger partial charge in [-0.05, 0) is 41.4 Å². The van der Waals surface area contributed by atoms with Crippen LogP contribution in [-0.4, -0.2) is 18.5 Å². The predicted molar refractivity (Wildman–Crippen MR) is 64.1 cm³/mol. The van der Waals surface area contributed by atoms with E-state index in [0.29, 0.717) is 5.69 Å². The molecule has 0 fully saturated rings. The Morgan fingerprint density at radius 2 is 2.12 bits per heavy atom. The quantitative estimate of drug-likeness (QED) is 0.670. The fourth-order valence-electron chi connectivity index (χ4n) is 1.11. The molecule has 0 saturated carbocycles. The Kier molecular flexibility index (Phi) is 4.49. The van der Waals surface area contributed by atoms with Gasteiger partial charge in [-0.1, -0.05) is 12.1 Å².